The van der Waals surface area contributed by atoms with Gasteiger partial charge in [-0.2, -0.15) is 0 Å². The minimum Gasteiger partial charge on any atom is -0.406 e. The monoisotopic (exact) mass is 361 g/mol. The predicted octanol–water partition coefficient (Wildman–Crippen LogP) is 4.14. The Hall–Kier alpha value is -2.54. The quantitative estimate of drug-likeness (QED) is 0.874. The van der Waals surface area contributed by atoms with Crippen LogP contribution in [0.1, 0.15) is 6.42 Å². The van der Waals surface area contributed by atoms with E-state index in [0.29, 0.717) is 11.6 Å². The average Bonchev–Trinajstić information content (AvgIpc) is 2.79. The maximum Gasteiger partial charge on any atom is 0.573 e. The zero-order chi connectivity index (χ0) is 18.1. The molecule has 0 aliphatic carbocycles. The summed E-state index contributed by atoms with van der Waals surface area (Å²) in [6.45, 7) is 2.67. The van der Waals surface area contributed by atoms with Gasteiger partial charge in [0.15, 0.2) is 0 Å². The molecule has 0 aromatic heterocycles. The molecule has 26 heavy (non-hydrogen) atoms. The van der Waals surface area contributed by atoms with Crippen molar-refractivity contribution < 1.29 is 17.9 Å². The summed E-state index contributed by atoms with van der Waals surface area (Å²) in [5.74, 6) is -0.219. The van der Waals surface area contributed by atoms with Crippen LogP contribution in [0, 0.1) is 0 Å². The highest BCUT2D eigenvalue weighted by atomic mass is 19.4. The molecular formula is C19H18F3N3O. The van der Waals surface area contributed by atoms with Crippen LogP contribution in [0.2, 0.25) is 0 Å². The smallest absolute Gasteiger partial charge is 0.406 e. The summed E-state index contributed by atoms with van der Waals surface area (Å²) in [6.07, 6.45) is -1.89. The number of benzene rings is 2. The molecule has 2 aliphatic rings. The SMILES string of the molecule is FC(F)(F)Oc1cccc(-c2ccc3c(c2)N2CCNCC2CC=N3)c1. The highest BCUT2D eigenvalue weighted by molar-refractivity contribution is 5.82. The van der Waals surface area contributed by atoms with E-state index in [1.54, 1.807) is 12.1 Å². The van der Waals surface area contributed by atoms with Gasteiger partial charge in [0.25, 0.3) is 0 Å². The molecule has 136 valence electrons. The molecule has 0 saturated carbocycles. The molecule has 2 aromatic carbocycles. The summed E-state index contributed by atoms with van der Waals surface area (Å²) in [5, 5.41) is 3.39. The number of fused-ring (bicyclic) bond motifs is 3. The third kappa shape index (κ3) is 3.53. The molecule has 1 N–H and O–H groups in total. The van der Waals surface area contributed by atoms with E-state index in [2.05, 4.69) is 19.9 Å². The molecule has 0 radical (unpaired) electrons. The number of nitrogens with one attached hydrogen (secondary N) is 1. The normalized spacial score (nSPS) is 19.5. The highest BCUT2D eigenvalue weighted by Gasteiger charge is 2.31. The van der Waals surface area contributed by atoms with Crippen molar-refractivity contribution in [3.05, 3.63) is 42.5 Å². The Kier molecular flexibility index (Phi) is 4.32. The summed E-state index contributed by atoms with van der Waals surface area (Å²) in [5.41, 5.74) is 3.42. The Morgan fingerprint density at radius 3 is 2.81 bits per heavy atom. The van der Waals surface area contributed by atoms with E-state index in [9.17, 15) is 13.2 Å². The number of nitrogens with zero attached hydrogens (tertiary/aromatic N) is 2. The van der Waals surface area contributed by atoms with Gasteiger partial charge in [-0.05, 0) is 35.4 Å². The van der Waals surface area contributed by atoms with Gasteiger partial charge in [-0.1, -0.05) is 18.2 Å². The first-order valence-electron chi connectivity index (χ1n) is 8.50. The van der Waals surface area contributed by atoms with Gasteiger partial charge in [0.1, 0.15) is 5.75 Å². The summed E-state index contributed by atoms with van der Waals surface area (Å²) in [4.78, 5) is 6.88. The molecule has 0 bridgehead atoms. The van der Waals surface area contributed by atoms with Crippen molar-refractivity contribution in [1.29, 1.82) is 0 Å². The van der Waals surface area contributed by atoms with Crippen LogP contribution < -0.4 is 15.0 Å². The van der Waals surface area contributed by atoms with Crippen LogP contribution in [0.25, 0.3) is 11.1 Å². The van der Waals surface area contributed by atoms with E-state index in [-0.39, 0.29) is 5.75 Å². The standard InChI is InChI=1S/C19H18F3N3O/c20-19(21,22)26-16-3-1-2-13(10-16)14-4-5-17-18(11-14)25-9-8-23-12-15(25)6-7-24-17/h1-5,7,10-11,15,23H,6,8-9,12H2. The zero-order valence-corrected chi connectivity index (χ0v) is 14.0. The number of piperazine rings is 1. The van der Waals surface area contributed by atoms with Crippen LogP contribution in [-0.4, -0.2) is 38.3 Å². The van der Waals surface area contributed by atoms with Crippen LogP contribution in [0.5, 0.6) is 5.75 Å². The maximum absolute atomic E-state index is 12.5. The van der Waals surface area contributed by atoms with E-state index < -0.39 is 6.36 Å². The van der Waals surface area contributed by atoms with Crippen molar-refractivity contribution >= 4 is 17.6 Å². The van der Waals surface area contributed by atoms with E-state index in [4.69, 9.17) is 0 Å². The molecule has 2 aromatic rings. The Bertz CT molecular complexity index is 835. The third-order valence-corrected chi connectivity index (χ3v) is 4.64. The lowest BCUT2D eigenvalue weighted by Crippen LogP contribution is -2.51. The summed E-state index contributed by atoms with van der Waals surface area (Å²) < 4.78 is 41.5. The zero-order valence-electron chi connectivity index (χ0n) is 14.0. The van der Waals surface area contributed by atoms with Crippen LogP contribution in [0.15, 0.2) is 47.5 Å². The number of hydrogen-bond acceptors (Lipinski definition) is 4. The first-order valence-corrected chi connectivity index (χ1v) is 8.50. The lowest BCUT2D eigenvalue weighted by Gasteiger charge is -2.37. The second kappa shape index (κ2) is 6.64. The molecule has 7 heteroatoms. The minimum atomic E-state index is -4.70. The first-order chi connectivity index (χ1) is 12.5. The molecule has 1 unspecified atom stereocenters. The van der Waals surface area contributed by atoms with Gasteiger partial charge in [-0.25, -0.2) is 0 Å². The Morgan fingerprint density at radius 1 is 1.12 bits per heavy atom. The van der Waals surface area contributed by atoms with Gasteiger partial charge in [0, 0.05) is 38.3 Å². The number of aliphatic imine (C=N–C) groups is 1. The molecular weight excluding hydrogens is 343 g/mol. The summed E-state index contributed by atoms with van der Waals surface area (Å²) in [7, 11) is 0. The van der Waals surface area contributed by atoms with Crippen molar-refractivity contribution in [3.63, 3.8) is 0 Å². The fourth-order valence-electron chi connectivity index (χ4n) is 3.48. The Morgan fingerprint density at radius 2 is 1.96 bits per heavy atom. The van der Waals surface area contributed by atoms with E-state index in [1.807, 2.05) is 24.4 Å². The topological polar surface area (TPSA) is 36.9 Å². The number of alkyl halides is 3. The van der Waals surface area contributed by atoms with Gasteiger partial charge in [-0.3, -0.25) is 4.99 Å². The van der Waals surface area contributed by atoms with Crippen molar-refractivity contribution in [1.82, 2.24) is 5.32 Å². The van der Waals surface area contributed by atoms with Gasteiger partial charge < -0.3 is 15.0 Å². The second-order valence-corrected chi connectivity index (χ2v) is 6.38. The van der Waals surface area contributed by atoms with Crippen LogP contribution >= 0.6 is 0 Å². The molecule has 4 rings (SSSR count). The summed E-state index contributed by atoms with van der Waals surface area (Å²) in [6, 6.07) is 12.2. The fourth-order valence-corrected chi connectivity index (χ4v) is 3.48. The van der Waals surface area contributed by atoms with Gasteiger partial charge >= 0.3 is 6.36 Å². The number of rotatable bonds is 2. The third-order valence-electron chi connectivity index (χ3n) is 4.64. The van der Waals surface area contributed by atoms with Gasteiger partial charge in [0.05, 0.1) is 11.4 Å². The Balaban J connectivity index is 1.70. The van der Waals surface area contributed by atoms with Gasteiger partial charge in [0.2, 0.25) is 0 Å². The van der Waals surface area contributed by atoms with E-state index >= 15 is 0 Å². The molecule has 2 aliphatic heterocycles. The van der Waals surface area contributed by atoms with Crippen molar-refractivity contribution in [2.45, 2.75) is 18.8 Å². The first kappa shape index (κ1) is 16.9. The number of hydrogen-bond donors (Lipinski definition) is 1. The molecule has 1 saturated heterocycles. The van der Waals surface area contributed by atoms with E-state index in [0.717, 1.165) is 43.0 Å². The van der Waals surface area contributed by atoms with Crippen LogP contribution in [0.4, 0.5) is 24.5 Å². The van der Waals surface area contributed by atoms with E-state index in [1.165, 1.54) is 12.1 Å². The number of halogens is 3. The van der Waals surface area contributed by atoms with Crippen LogP contribution in [-0.2, 0) is 0 Å². The Labute approximate surface area is 149 Å². The second-order valence-electron chi connectivity index (χ2n) is 6.38. The number of ether oxygens (including phenoxy) is 1. The maximum atomic E-state index is 12.5. The largest absolute Gasteiger partial charge is 0.573 e. The molecule has 0 spiro atoms. The fraction of sp³-hybridized carbons (Fsp3) is 0.316. The molecule has 1 atom stereocenters. The van der Waals surface area contributed by atoms with Crippen molar-refractivity contribution in [3.8, 4) is 16.9 Å². The molecule has 2 heterocycles. The minimum absolute atomic E-state index is 0.219. The molecule has 4 nitrogen and oxygen atoms in total. The molecule has 1 fully saturated rings. The van der Waals surface area contributed by atoms with Crippen molar-refractivity contribution in [2.24, 2.45) is 4.99 Å². The molecule has 0 amide bonds. The lowest BCUT2D eigenvalue weighted by molar-refractivity contribution is -0.274. The van der Waals surface area contributed by atoms with Crippen molar-refractivity contribution in [2.75, 3.05) is 24.5 Å². The number of anilines is 1. The average molecular weight is 361 g/mol. The highest BCUT2D eigenvalue weighted by Crippen LogP contribution is 2.37. The summed E-state index contributed by atoms with van der Waals surface area (Å²) >= 11 is 0. The lowest BCUT2D eigenvalue weighted by atomic mass is 10.0. The van der Waals surface area contributed by atoms with Crippen LogP contribution in [0.3, 0.4) is 0 Å². The van der Waals surface area contributed by atoms with Gasteiger partial charge in [-0.15, -0.1) is 13.2 Å². The predicted molar refractivity (Wildman–Crippen MR) is 95.3 cm³/mol.